The summed E-state index contributed by atoms with van der Waals surface area (Å²) in [4.78, 5) is 21.6. The summed E-state index contributed by atoms with van der Waals surface area (Å²) < 4.78 is 4.92. The second-order valence-electron chi connectivity index (χ2n) is 2.37. The number of rotatable bonds is 0. The maximum Gasteiger partial charge on any atom is 0.324 e. The van der Waals surface area contributed by atoms with Crippen molar-refractivity contribution in [2.75, 3.05) is 0 Å². The molecule has 11 heavy (non-hydrogen) atoms. The predicted octanol–water partition coefficient (Wildman–Crippen LogP) is -0.688. The van der Waals surface area contributed by atoms with Gasteiger partial charge in [0.15, 0.2) is 6.23 Å². The van der Waals surface area contributed by atoms with Crippen LogP contribution in [0.5, 0.6) is 0 Å². The van der Waals surface area contributed by atoms with Gasteiger partial charge in [0.25, 0.3) is 0 Å². The summed E-state index contributed by atoms with van der Waals surface area (Å²) in [7, 11) is 0. The van der Waals surface area contributed by atoms with E-state index in [0.29, 0.717) is 0 Å². The van der Waals surface area contributed by atoms with E-state index in [0.717, 1.165) is 0 Å². The molecule has 2 unspecified atom stereocenters. The fraction of sp³-hybridized carbons (Fsp3) is 0.333. The van der Waals surface area contributed by atoms with Crippen LogP contribution in [0.4, 0.5) is 4.79 Å². The van der Waals surface area contributed by atoms with Gasteiger partial charge in [-0.15, -0.1) is 0 Å². The molecular formula is C6H6N2O3. The molecule has 5 nitrogen and oxygen atoms in total. The van der Waals surface area contributed by atoms with E-state index in [-0.39, 0.29) is 11.8 Å². The molecule has 5 heteroatoms. The van der Waals surface area contributed by atoms with Crippen LogP contribution >= 0.6 is 0 Å². The molecule has 2 aliphatic heterocycles. The highest BCUT2D eigenvalue weighted by atomic mass is 16.5. The van der Waals surface area contributed by atoms with Crippen LogP contribution in [0.3, 0.4) is 0 Å². The summed E-state index contributed by atoms with van der Waals surface area (Å²) in [5, 5.41) is 4.58. The Morgan fingerprint density at radius 2 is 2.27 bits per heavy atom. The van der Waals surface area contributed by atoms with Crippen molar-refractivity contribution >= 4 is 11.9 Å². The monoisotopic (exact) mass is 154 g/mol. The number of urea groups is 1. The van der Waals surface area contributed by atoms with E-state index >= 15 is 0 Å². The van der Waals surface area contributed by atoms with Crippen LogP contribution in [-0.2, 0) is 9.53 Å². The fourth-order valence-electron chi connectivity index (χ4n) is 1.11. The Hall–Kier alpha value is -1.52. The van der Waals surface area contributed by atoms with Gasteiger partial charge in [-0.3, -0.25) is 10.1 Å². The Kier molecular flexibility index (Phi) is 1.12. The van der Waals surface area contributed by atoms with Crippen molar-refractivity contribution in [3.05, 3.63) is 12.3 Å². The number of nitrogens with one attached hydrogen (secondary N) is 2. The first-order valence-electron chi connectivity index (χ1n) is 3.21. The lowest BCUT2D eigenvalue weighted by Gasteiger charge is -2.23. The van der Waals surface area contributed by atoms with E-state index in [2.05, 4.69) is 10.6 Å². The molecule has 0 aromatic heterocycles. The summed E-state index contributed by atoms with van der Waals surface area (Å²) in [6.45, 7) is 0. The van der Waals surface area contributed by atoms with Gasteiger partial charge in [-0.25, -0.2) is 4.79 Å². The van der Waals surface area contributed by atoms with E-state index in [1.54, 1.807) is 6.08 Å². The Balaban J connectivity index is 2.21. The molecule has 0 bridgehead atoms. The van der Waals surface area contributed by atoms with E-state index in [9.17, 15) is 9.59 Å². The average Bonchev–Trinajstić information content (AvgIpc) is 2.34. The molecule has 0 saturated carbocycles. The van der Waals surface area contributed by atoms with Gasteiger partial charge in [0, 0.05) is 0 Å². The molecule has 0 radical (unpaired) electrons. The Morgan fingerprint density at radius 1 is 1.45 bits per heavy atom. The fourth-order valence-corrected chi connectivity index (χ4v) is 1.11. The second-order valence-corrected chi connectivity index (χ2v) is 2.37. The highest BCUT2D eigenvalue weighted by molar-refractivity contribution is 5.99. The molecule has 58 valence electrons. The number of imide groups is 1. The smallest absolute Gasteiger partial charge is 0.324 e. The summed E-state index contributed by atoms with van der Waals surface area (Å²) in [6, 6.07) is -0.500. The molecule has 2 rings (SSSR count). The number of hydrogen-bond donors (Lipinski definition) is 2. The SMILES string of the molecule is O=C1NC(=O)C2C=COC2N1. The molecule has 2 atom stereocenters. The van der Waals surface area contributed by atoms with E-state index in [1.165, 1.54) is 6.26 Å². The Morgan fingerprint density at radius 3 is 3.09 bits per heavy atom. The topological polar surface area (TPSA) is 67.4 Å². The van der Waals surface area contributed by atoms with Gasteiger partial charge >= 0.3 is 6.03 Å². The van der Waals surface area contributed by atoms with Crippen molar-refractivity contribution in [2.45, 2.75) is 6.23 Å². The highest BCUT2D eigenvalue weighted by Crippen LogP contribution is 2.17. The third kappa shape index (κ3) is 0.849. The molecular weight excluding hydrogens is 148 g/mol. The van der Waals surface area contributed by atoms with Gasteiger partial charge in [0.2, 0.25) is 5.91 Å². The van der Waals surface area contributed by atoms with Crippen molar-refractivity contribution in [3.8, 4) is 0 Å². The molecule has 0 aromatic carbocycles. The first kappa shape index (κ1) is 6.21. The maximum atomic E-state index is 11.0. The predicted molar refractivity (Wildman–Crippen MR) is 34.2 cm³/mol. The van der Waals surface area contributed by atoms with Crippen LogP contribution in [0, 0.1) is 5.92 Å². The summed E-state index contributed by atoms with van der Waals surface area (Å²) in [6.07, 6.45) is 2.52. The van der Waals surface area contributed by atoms with E-state index < -0.39 is 12.3 Å². The lowest BCUT2D eigenvalue weighted by atomic mass is 10.1. The quantitative estimate of drug-likeness (QED) is 0.485. The van der Waals surface area contributed by atoms with Gasteiger partial charge in [-0.1, -0.05) is 0 Å². The van der Waals surface area contributed by atoms with Crippen LogP contribution in [0.15, 0.2) is 12.3 Å². The molecule has 0 spiro atoms. The number of hydrogen-bond acceptors (Lipinski definition) is 3. The standard InChI is InChI=1S/C6H6N2O3/c9-4-3-1-2-11-5(3)8-6(10)7-4/h1-3,5H,(H2,7,8,9,10). The van der Waals surface area contributed by atoms with Crippen molar-refractivity contribution < 1.29 is 14.3 Å². The van der Waals surface area contributed by atoms with Gasteiger partial charge in [0.1, 0.15) is 5.92 Å². The van der Waals surface area contributed by atoms with Crippen molar-refractivity contribution in [1.29, 1.82) is 0 Å². The van der Waals surface area contributed by atoms with Crippen molar-refractivity contribution in [1.82, 2.24) is 10.6 Å². The molecule has 2 N–H and O–H groups in total. The molecule has 2 aliphatic rings. The number of carbonyl (C=O) groups is 2. The van der Waals surface area contributed by atoms with Crippen LogP contribution in [0.25, 0.3) is 0 Å². The Labute approximate surface area is 62.4 Å². The van der Waals surface area contributed by atoms with Gasteiger partial charge in [-0.05, 0) is 6.08 Å². The molecule has 1 saturated heterocycles. The maximum absolute atomic E-state index is 11.0. The number of fused-ring (bicyclic) bond motifs is 1. The normalized spacial score (nSPS) is 33.8. The van der Waals surface area contributed by atoms with Crippen LogP contribution in [0.2, 0.25) is 0 Å². The Bertz CT molecular complexity index is 248. The molecule has 0 aromatic rings. The molecule has 3 amide bonds. The van der Waals surface area contributed by atoms with Gasteiger partial charge in [0.05, 0.1) is 6.26 Å². The lowest BCUT2D eigenvalue weighted by Crippen LogP contribution is -2.56. The average molecular weight is 154 g/mol. The number of amides is 3. The minimum absolute atomic E-state index is 0.312. The lowest BCUT2D eigenvalue weighted by molar-refractivity contribution is -0.126. The van der Waals surface area contributed by atoms with Crippen molar-refractivity contribution in [2.24, 2.45) is 5.92 Å². The molecule has 2 heterocycles. The highest BCUT2D eigenvalue weighted by Gasteiger charge is 2.37. The minimum Gasteiger partial charge on any atom is -0.477 e. The summed E-state index contributed by atoms with van der Waals surface area (Å²) >= 11 is 0. The zero-order valence-electron chi connectivity index (χ0n) is 5.53. The number of ether oxygens (including phenoxy) is 1. The number of carbonyl (C=O) groups excluding carboxylic acids is 2. The third-order valence-corrected chi connectivity index (χ3v) is 1.65. The van der Waals surface area contributed by atoms with Crippen LogP contribution < -0.4 is 10.6 Å². The minimum atomic E-state index is -0.503. The molecule has 1 fully saturated rings. The molecule has 0 aliphatic carbocycles. The van der Waals surface area contributed by atoms with Gasteiger partial charge in [-0.2, -0.15) is 0 Å². The van der Waals surface area contributed by atoms with Crippen LogP contribution in [0.1, 0.15) is 0 Å². The summed E-state index contributed by atoms with van der Waals surface area (Å²) in [5.41, 5.74) is 0. The zero-order valence-corrected chi connectivity index (χ0v) is 5.53. The van der Waals surface area contributed by atoms with E-state index in [1.807, 2.05) is 0 Å². The zero-order chi connectivity index (χ0) is 7.84. The first-order valence-corrected chi connectivity index (χ1v) is 3.21. The third-order valence-electron chi connectivity index (χ3n) is 1.65. The van der Waals surface area contributed by atoms with Crippen molar-refractivity contribution in [3.63, 3.8) is 0 Å². The largest absolute Gasteiger partial charge is 0.477 e. The van der Waals surface area contributed by atoms with Gasteiger partial charge < -0.3 is 10.1 Å². The van der Waals surface area contributed by atoms with Crippen LogP contribution in [-0.4, -0.2) is 18.2 Å². The first-order chi connectivity index (χ1) is 5.27. The second kappa shape index (κ2) is 1.98. The van der Waals surface area contributed by atoms with E-state index in [4.69, 9.17) is 4.74 Å². The summed E-state index contributed by atoms with van der Waals surface area (Å²) in [5.74, 6) is -0.680.